The van der Waals surface area contributed by atoms with Gasteiger partial charge in [0.2, 0.25) is 0 Å². The van der Waals surface area contributed by atoms with Crippen LogP contribution in [0.2, 0.25) is 0 Å². The molecular formula is C23H22N2O5. The molecule has 0 aliphatic carbocycles. The van der Waals surface area contributed by atoms with E-state index >= 15 is 0 Å². The van der Waals surface area contributed by atoms with Gasteiger partial charge in [0.1, 0.15) is 17.6 Å². The van der Waals surface area contributed by atoms with Gasteiger partial charge in [-0.25, -0.2) is 4.79 Å². The van der Waals surface area contributed by atoms with Crippen LogP contribution in [-0.2, 0) is 27.2 Å². The van der Waals surface area contributed by atoms with E-state index in [0.29, 0.717) is 23.4 Å². The fourth-order valence-corrected chi connectivity index (χ4v) is 3.10. The molecule has 1 amide bonds. The molecule has 0 saturated heterocycles. The molecular weight excluding hydrogens is 384 g/mol. The van der Waals surface area contributed by atoms with E-state index < -0.39 is 18.5 Å². The number of esters is 1. The number of carbonyl (C=O) groups excluding carboxylic acids is 2. The molecule has 2 aromatic rings. The van der Waals surface area contributed by atoms with Gasteiger partial charge in [-0.3, -0.25) is 4.79 Å². The maximum Gasteiger partial charge on any atom is 0.331 e. The summed E-state index contributed by atoms with van der Waals surface area (Å²) in [4.78, 5) is 23.9. The second kappa shape index (κ2) is 9.61. The molecule has 1 aliphatic heterocycles. The van der Waals surface area contributed by atoms with Crippen molar-refractivity contribution in [1.29, 1.82) is 5.26 Å². The third-order valence-electron chi connectivity index (χ3n) is 4.51. The van der Waals surface area contributed by atoms with Crippen LogP contribution in [0.1, 0.15) is 23.6 Å². The predicted molar refractivity (Wildman–Crippen MR) is 111 cm³/mol. The van der Waals surface area contributed by atoms with Crippen LogP contribution in [-0.4, -0.2) is 31.7 Å². The molecule has 1 N–H and O–H groups in total. The van der Waals surface area contributed by atoms with Crippen LogP contribution < -0.4 is 14.8 Å². The average Bonchev–Trinajstić information content (AvgIpc) is 3.10. The zero-order valence-corrected chi connectivity index (χ0v) is 16.8. The summed E-state index contributed by atoms with van der Waals surface area (Å²) >= 11 is 0. The lowest BCUT2D eigenvalue weighted by molar-refractivity contribution is -0.142. The largest absolute Gasteiger partial charge is 0.496 e. The first-order valence-corrected chi connectivity index (χ1v) is 9.46. The summed E-state index contributed by atoms with van der Waals surface area (Å²) in [6.07, 6.45) is 4.04. The Kier molecular flexibility index (Phi) is 6.71. The van der Waals surface area contributed by atoms with Crippen LogP contribution in [0.3, 0.4) is 0 Å². The smallest absolute Gasteiger partial charge is 0.331 e. The monoisotopic (exact) mass is 406 g/mol. The minimum Gasteiger partial charge on any atom is -0.496 e. The van der Waals surface area contributed by atoms with Crippen LogP contribution in [0.15, 0.2) is 42.5 Å². The molecule has 154 valence electrons. The van der Waals surface area contributed by atoms with E-state index in [4.69, 9.17) is 19.5 Å². The molecule has 3 rings (SSSR count). The number of nitrogens with one attached hydrogen (secondary N) is 1. The Hall–Kier alpha value is -3.79. The third-order valence-corrected chi connectivity index (χ3v) is 4.51. The number of methoxy groups -OCH3 is 1. The summed E-state index contributed by atoms with van der Waals surface area (Å²) in [5.41, 5.74) is 3.17. The second-order valence-electron chi connectivity index (χ2n) is 6.86. The number of fused-ring (bicyclic) bond motifs is 1. The Balaban J connectivity index is 1.53. The molecule has 1 heterocycles. The number of hydrogen-bond donors (Lipinski definition) is 1. The normalized spacial score (nSPS) is 14.5. The number of anilines is 1. The van der Waals surface area contributed by atoms with Crippen molar-refractivity contribution in [2.75, 3.05) is 19.0 Å². The highest BCUT2D eigenvalue weighted by Crippen LogP contribution is 2.35. The number of nitriles is 1. The maximum absolute atomic E-state index is 12.0. The highest BCUT2D eigenvalue weighted by molar-refractivity contribution is 5.94. The van der Waals surface area contributed by atoms with Gasteiger partial charge in [-0.1, -0.05) is 12.1 Å². The summed E-state index contributed by atoms with van der Waals surface area (Å²) in [6.45, 7) is 1.58. The van der Waals surface area contributed by atoms with Crippen molar-refractivity contribution >= 4 is 23.6 Å². The molecule has 0 spiro atoms. The molecule has 7 heteroatoms. The molecule has 1 atom stereocenters. The van der Waals surface area contributed by atoms with Gasteiger partial charge in [0.05, 0.1) is 19.6 Å². The number of benzene rings is 2. The van der Waals surface area contributed by atoms with E-state index in [9.17, 15) is 9.59 Å². The standard InChI is InChI=1S/C23H22N2O5/c1-15-11-18-13-20(28-2)17(12-21(18)30-15)5-8-23(27)29-14-22(26)25-19-6-3-16(4-7-19)9-10-24/h3-8,12-13,15H,9,11,14H2,1-2H3,(H,25,26). The Bertz CT molecular complexity index is 1010. The quantitative estimate of drug-likeness (QED) is 0.560. The minimum atomic E-state index is -0.647. The van der Waals surface area contributed by atoms with Gasteiger partial charge in [-0.15, -0.1) is 0 Å². The van der Waals surface area contributed by atoms with Gasteiger partial charge in [0.15, 0.2) is 6.61 Å². The van der Waals surface area contributed by atoms with Gasteiger partial charge in [-0.2, -0.15) is 5.26 Å². The second-order valence-corrected chi connectivity index (χ2v) is 6.86. The van der Waals surface area contributed by atoms with Crippen LogP contribution in [0.5, 0.6) is 11.5 Å². The molecule has 2 aromatic carbocycles. The molecule has 0 fully saturated rings. The zero-order chi connectivity index (χ0) is 21.5. The van der Waals surface area contributed by atoms with Crippen molar-refractivity contribution < 1.29 is 23.8 Å². The molecule has 0 aromatic heterocycles. The summed E-state index contributed by atoms with van der Waals surface area (Å²) < 4.78 is 16.1. The summed E-state index contributed by atoms with van der Waals surface area (Å²) in [7, 11) is 1.56. The molecule has 1 unspecified atom stereocenters. The van der Waals surface area contributed by atoms with E-state index in [1.54, 1.807) is 37.5 Å². The highest BCUT2D eigenvalue weighted by Gasteiger charge is 2.21. The summed E-state index contributed by atoms with van der Waals surface area (Å²) in [5, 5.41) is 11.3. The first kappa shape index (κ1) is 20.9. The molecule has 30 heavy (non-hydrogen) atoms. The third kappa shape index (κ3) is 5.39. The number of hydrogen-bond acceptors (Lipinski definition) is 6. The topological polar surface area (TPSA) is 97.6 Å². The van der Waals surface area contributed by atoms with E-state index in [1.807, 2.05) is 19.1 Å². The highest BCUT2D eigenvalue weighted by atomic mass is 16.5. The Morgan fingerprint density at radius 3 is 2.77 bits per heavy atom. The van der Waals surface area contributed by atoms with Crippen molar-refractivity contribution in [3.05, 3.63) is 59.2 Å². The molecule has 0 saturated carbocycles. The fraction of sp³-hybridized carbons (Fsp3) is 0.261. The lowest BCUT2D eigenvalue weighted by atomic mass is 10.1. The van der Waals surface area contributed by atoms with E-state index in [0.717, 1.165) is 23.3 Å². The lowest BCUT2D eigenvalue weighted by Crippen LogP contribution is -2.20. The van der Waals surface area contributed by atoms with Crippen molar-refractivity contribution in [2.45, 2.75) is 25.9 Å². The summed E-state index contributed by atoms with van der Waals surface area (Å²) in [6, 6.07) is 12.7. The molecule has 1 aliphatic rings. The van der Waals surface area contributed by atoms with E-state index in [2.05, 4.69) is 11.4 Å². The van der Waals surface area contributed by atoms with Crippen molar-refractivity contribution in [1.82, 2.24) is 0 Å². The van der Waals surface area contributed by atoms with Gasteiger partial charge in [0.25, 0.3) is 5.91 Å². The lowest BCUT2D eigenvalue weighted by Gasteiger charge is -2.08. The van der Waals surface area contributed by atoms with E-state index in [-0.39, 0.29) is 6.10 Å². The Morgan fingerprint density at radius 1 is 1.30 bits per heavy atom. The number of rotatable bonds is 7. The number of nitrogens with zero attached hydrogens (tertiary/aromatic N) is 1. The molecule has 0 bridgehead atoms. The van der Waals surface area contributed by atoms with Crippen LogP contribution in [0.25, 0.3) is 6.08 Å². The first-order chi connectivity index (χ1) is 14.5. The van der Waals surface area contributed by atoms with Crippen LogP contribution >= 0.6 is 0 Å². The number of amides is 1. The maximum atomic E-state index is 12.0. The Labute approximate surface area is 174 Å². The summed E-state index contributed by atoms with van der Waals surface area (Å²) in [5.74, 6) is 0.304. The molecule has 0 radical (unpaired) electrons. The van der Waals surface area contributed by atoms with Crippen LogP contribution in [0.4, 0.5) is 5.69 Å². The van der Waals surface area contributed by atoms with Crippen molar-refractivity contribution in [3.63, 3.8) is 0 Å². The van der Waals surface area contributed by atoms with Crippen molar-refractivity contribution in [3.8, 4) is 17.6 Å². The van der Waals surface area contributed by atoms with Gasteiger partial charge >= 0.3 is 5.97 Å². The van der Waals surface area contributed by atoms with Gasteiger partial charge in [-0.05, 0) is 42.8 Å². The SMILES string of the molecule is COc1cc2c(cc1C=CC(=O)OCC(=O)Nc1ccc(CC#N)cc1)OC(C)C2. The number of ether oxygens (including phenoxy) is 3. The van der Waals surface area contributed by atoms with E-state index in [1.165, 1.54) is 6.08 Å². The van der Waals surface area contributed by atoms with Gasteiger partial charge < -0.3 is 19.5 Å². The number of carbonyl (C=O) groups is 2. The van der Waals surface area contributed by atoms with Crippen molar-refractivity contribution in [2.24, 2.45) is 0 Å². The van der Waals surface area contributed by atoms with Gasteiger partial charge in [0, 0.05) is 29.3 Å². The zero-order valence-electron chi connectivity index (χ0n) is 16.8. The fourth-order valence-electron chi connectivity index (χ4n) is 3.10. The molecule has 7 nitrogen and oxygen atoms in total. The Morgan fingerprint density at radius 2 is 2.07 bits per heavy atom. The predicted octanol–water partition coefficient (Wildman–Crippen LogP) is 3.28. The first-order valence-electron chi connectivity index (χ1n) is 9.46. The average molecular weight is 406 g/mol. The minimum absolute atomic E-state index is 0.106. The van der Waals surface area contributed by atoms with Crippen LogP contribution in [0, 0.1) is 11.3 Å².